The van der Waals surface area contributed by atoms with Gasteiger partial charge >= 0.3 is 6.09 Å². The van der Waals surface area contributed by atoms with E-state index in [2.05, 4.69) is 20.9 Å². The zero-order valence-electron chi connectivity index (χ0n) is 20.2. The standard InChI is InChI=1S/C25H28ClFN4O5/c1-23(2,3)36-22(34)29-10-15-6-7-28-19(8-15)21(33)31-25-12-24(13-25,14-25)30-20(32)11-35-16-4-5-17(26)18(27)9-16/h4-9H,10-14H2,1-3H3,(H,29,34)(H,30,32)(H,31,33). The molecule has 0 spiro atoms. The molecular formula is C25H28ClFN4O5. The Labute approximate surface area is 213 Å². The van der Waals surface area contributed by atoms with Crippen LogP contribution in [0.4, 0.5) is 9.18 Å². The number of hydrogen-bond donors (Lipinski definition) is 3. The van der Waals surface area contributed by atoms with E-state index in [0.29, 0.717) is 24.8 Å². The number of rotatable bonds is 8. The minimum Gasteiger partial charge on any atom is -0.484 e. The van der Waals surface area contributed by atoms with Crippen LogP contribution in [-0.4, -0.2) is 46.2 Å². The third-order valence-corrected chi connectivity index (χ3v) is 6.27. The number of hydrogen-bond acceptors (Lipinski definition) is 6. The van der Waals surface area contributed by atoms with Gasteiger partial charge in [-0.3, -0.25) is 14.6 Å². The lowest BCUT2D eigenvalue weighted by Gasteiger charge is -2.70. The van der Waals surface area contributed by atoms with Crippen molar-refractivity contribution in [3.05, 3.63) is 58.6 Å². The molecule has 1 aromatic heterocycles. The molecule has 1 heterocycles. The number of aromatic nitrogens is 1. The van der Waals surface area contributed by atoms with E-state index in [-0.39, 0.29) is 52.5 Å². The summed E-state index contributed by atoms with van der Waals surface area (Å²) in [4.78, 5) is 41.0. The van der Waals surface area contributed by atoms with Crippen LogP contribution in [0, 0.1) is 5.82 Å². The number of carbonyl (C=O) groups excluding carboxylic acids is 3. The van der Waals surface area contributed by atoms with Gasteiger partial charge in [-0.05, 0) is 69.9 Å². The summed E-state index contributed by atoms with van der Waals surface area (Å²) in [5.74, 6) is -1.05. The van der Waals surface area contributed by atoms with Gasteiger partial charge in [-0.1, -0.05) is 11.6 Å². The molecule has 11 heteroatoms. The van der Waals surface area contributed by atoms with Gasteiger partial charge in [0, 0.05) is 29.9 Å². The first kappa shape index (κ1) is 25.7. The molecule has 5 rings (SSSR count). The first-order chi connectivity index (χ1) is 16.9. The van der Waals surface area contributed by atoms with Crippen molar-refractivity contribution in [2.45, 2.75) is 63.3 Å². The van der Waals surface area contributed by atoms with Gasteiger partial charge < -0.3 is 25.4 Å². The van der Waals surface area contributed by atoms with Crippen molar-refractivity contribution in [2.75, 3.05) is 6.61 Å². The Balaban J connectivity index is 1.21. The van der Waals surface area contributed by atoms with Crippen molar-refractivity contribution in [1.82, 2.24) is 20.9 Å². The van der Waals surface area contributed by atoms with Gasteiger partial charge in [-0.25, -0.2) is 9.18 Å². The molecule has 0 radical (unpaired) electrons. The molecule has 0 aliphatic heterocycles. The van der Waals surface area contributed by atoms with E-state index in [1.54, 1.807) is 32.9 Å². The van der Waals surface area contributed by atoms with Crippen molar-refractivity contribution in [3.8, 4) is 5.75 Å². The lowest BCUT2D eigenvalue weighted by molar-refractivity contribution is -0.141. The minimum atomic E-state index is -0.619. The molecule has 0 atom stereocenters. The van der Waals surface area contributed by atoms with Gasteiger partial charge in [0.2, 0.25) is 0 Å². The molecule has 1 aromatic carbocycles. The van der Waals surface area contributed by atoms with Gasteiger partial charge in [0.25, 0.3) is 11.8 Å². The van der Waals surface area contributed by atoms with Crippen molar-refractivity contribution >= 4 is 29.5 Å². The fourth-order valence-corrected chi connectivity index (χ4v) is 4.72. The van der Waals surface area contributed by atoms with E-state index < -0.39 is 17.5 Å². The third kappa shape index (κ3) is 6.04. The van der Waals surface area contributed by atoms with Gasteiger partial charge in [0.1, 0.15) is 22.9 Å². The smallest absolute Gasteiger partial charge is 0.407 e. The normalized spacial score (nSPS) is 21.9. The summed E-state index contributed by atoms with van der Waals surface area (Å²) in [6.07, 6.45) is 2.78. The highest BCUT2D eigenvalue weighted by Gasteiger charge is 2.69. The molecule has 36 heavy (non-hydrogen) atoms. The van der Waals surface area contributed by atoms with Gasteiger partial charge in [0.05, 0.1) is 5.02 Å². The fraction of sp³-hybridized carbons (Fsp3) is 0.440. The predicted octanol–water partition coefficient (Wildman–Crippen LogP) is 3.50. The van der Waals surface area contributed by atoms with Crippen molar-refractivity contribution in [1.29, 1.82) is 0 Å². The number of carbonyl (C=O) groups is 3. The summed E-state index contributed by atoms with van der Waals surface area (Å²) in [7, 11) is 0. The van der Waals surface area contributed by atoms with Gasteiger partial charge in [-0.2, -0.15) is 0 Å². The van der Waals surface area contributed by atoms with E-state index >= 15 is 0 Å². The largest absolute Gasteiger partial charge is 0.484 e. The molecule has 3 N–H and O–H groups in total. The molecule has 3 saturated carbocycles. The number of pyridine rings is 1. The highest BCUT2D eigenvalue weighted by molar-refractivity contribution is 6.30. The van der Waals surface area contributed by atoms with Gasteiger partial charge in [-0.15, -0.1) is 0 Å². The second-order valence-electron chi connectivity index (χ2n) is 10.4. The topological polar surface area (TPSA) is 119 Å². The molecule has 9 nitrogen and oxygen atoms in total. The third-order valence-electron chi connectivity index (χ3n) is 5.97. The Morgan fingerprint density at radius 2 is 1.78 bits per heavy atom. The fourth-order valence-electron chi connectivity index (χ4n) is 4.60. The number of alkyl carbamates (subject to hydrolysis) is 1. The van der Waals surface area contributed by atoms with Crippen LogP contribution < -0.4 is 20.7 Å². The van der Waals surface area contributed by atoms with Crippen LogP contribution in [0.3, 0.4) is 0 Å². The zero-order chi connectivity index (χ0) is 26.1. The Morgan fingerprint density at radius 1 is 1.08 bits per heavy atom. The van der Waals surface area contributed by atoms with Crippen LogP contribution in [0.2, 0.25) is 5.02 Å². The van der Waals surface area contributed by atoms with Crippen LogP contribution in [0.1, 0.15) is 56.1 Å². The van der Waals surface area contributed by atoms with Crippen LogP contribution in [-0.2, 0) is 16.1 Å². The van der Waals surface area contributed by atoms with Crippen LogP contribution in [0.5, 0.6) is 5.75 Å². The predicted molar refractivity (Wildman–Crippen MR) is 129 cm³/mol. The first-order valence-corrected chi connectivity index (χ1v) is 11.9. The number of benzene rings is 1. The van der Waals surface area contributed by atoms with Crippen LogP contribution in [0.15, 0.2) is 36.5 Å². The van der Waals surface area contributed by atoms with Gasteiger partial charge in [0.15, 0.2) is 6.61 Å². The molecule has 2 bridgehead atoms. The molecule has 0 unspecified atom stereocenters. The molecule has 3 aliphatic carbocycles. The van der Waals surface area contributed by atoms with E-state index in [4.69, 9.17) is 21.1 Å². The maximum Gasteiger partial charge on any atom is 0.407 e. The summed E-state index contributed by atoms with van der Waals surface area (Å²) in [6.45, 7) is 5.27. The minimum absolute atomic E-state index is 0.0209. The number of amides is 3. The molecule has 2 aromatic rings. The number of ether oxygens (including phenoxy) is 2. The Morgan fingerprint density at radius 3 is 2.44 bits per heavy atom. The molecule has 3 amide bonds. The van der Waals surface area contributed by atoms with E-state index in [1.165, 1.54) is 18.3 Å². The van der Waals surface area contributed by atoms with E-state index in [1.807, 2.05) is 0 Å². The number of nitrogens with zero attached hydrogens (tertiary/aromatic N) is 1. The summed E-state index contributed by atoms with van der Waals surface area (Å²) in [6, 6.07) is 7.30. The maximum atomic E-state index is 13.5. The number of nitrogens with one attached hydrogen (secondary N) is 3. The summed E-state index contributed by atoms with van der Waals surface area (Å²) in [5, 5.41) is 8.59. The van der Waals surface area contributed by atoms with E-state index in [9.17, 15) is 18.8 Å². The van der Waals surface area contributed by atoms with Crippen LogP contribution in [0.25, 0.3) is 0 Å². The zero-order valence-corrected chi connectivity index (χ0v) is 21.0. The lowest BCUT2D eigenvalue weighted by atomic mass is 9.44. The van der Waals surface area contributed by atoms with E-state index in [0.717, 1.165) is 6.07 Å². The second-order valence-corrected chi connectivity index (χ2v) is 10.8. The quantitative estimate of drug-likeness (QED) is 0.492. The molecule has 3 fully saturated rings. The molecular weight excluding hydrogens is 491 g/mol. The maximum absolute atomic E-state index is 13.5. The van der Waals surface area contributed by atoms with Crippen molar-refractivity contribution in [3.63, 3.8) is 0 Å². The highest BCUT2D eigenvalue weighted by atomic mass is 35.5. The molecule has 192 valence electrons. The summed E-state index contributed by atoms with van der Waals surface area (Å²) < 4.78 is 24.0. The monoisotopic (exact) mass is 518 g/mol. The molecule has 3 aliphatic rings. The average molecular weight is 519 g/mol. The molecule has 0 saturated heterocycles. The van der Waals surface area contributed by atoms with Crippen molar-refractivity contribution in [2.24, 2.45) is 0 Å². The average Bonchev–Trinajstić information content (AvgIpc) is 2.75. The Hall–Kier alpha value is -3.40. The van der Waals surface area contributed by atoms with Crippen molar-refractivity contribution < 1.29 is 28.2 Å². The highest BCUT2D eigenvalue weighted by Crippen LogP contribution is 2.60. The summed E-state index contributed by atoms with van der Waals surface area (Å²) in [5.41, 5.74) is -0.397. The lowest BCUT2D eigenvalue weighted by Crippen LogP contribution is -2.84. The first-order valence-electron chi connectivity index (χ1n) is 11.5. The van der Waals surface area contributed by atoms with Crippen LogP contribution >= 0.6 is 11.6 Å². The second kappa shape index (κ2) is 9.57. The SMILES string of the molecule is CC(C)(C)OC(=O)NCc1ccnc(C(=O)NC23CC(NC(=O)COc4ccc(Cl)c(F)c4)(C2)C3)c1. The Bertz CT molecular complexity index is 1180. The number of halogens is 2. The Kier molecular flexibility index (Phi) is 6.83. The summed E-state index contributed by atoms with van der Waals surface area (Å²) >= 11 is 5.64.